The van der Waals surface area contributed by atoms with Gasteiger partial charge in [-0.05, 0) is 126 Å². The minimum Gasteiger partial charge on any atom is -0.308 e. The van der Waals surface area contributed by atoms with Gasteiger partial charge >= 0.3 is 0 Å². The summed E-state index contributed by atoms with van der Waals surface area (Å²) in [6.07, 6.45) is 0.966. The normalized spacial score (nSPS) is 12.1. The fourth-order valence-electron chi connectivity index (χ4n) is 11.6. The Morgan fingerprint density at radius 3 is 1.61 bits per heavy atom. The highest BCUT2D eigenvalue weighted by Gasteiger charge is 2.31. The number of fused-ring (bicyclic) bond motifs is 7. The zero-order valence-corrected chi connectivity index (χ0v) is 39.1. The number of hydrogen-bond donors (Lipinski definition) is 0. The molecule has 72 heavy (non-hydrogen) atoms. The molecule has 0 spiro atoms. The van der Waals surface area contributed by atoms with Crippen LogP contribution in [0.2, 0.25) is 0 Å². The molecule has 0 N–H and O–H groups in total. The van der Waals surface area contributed by atoms with Gasteiger partial charge in [0.2, 0.25) is 0 Å². The van der Waals surface area contributed by atoms with Crippen LogP contribution in [0.4, 0.5) is 0 Å². The van der Waals surface area contributed by atoms with E-state index in [0.717, 1.165) is 78.4 Å². The highest BCUT2D eigenvalue weighted by molar-refractivity contribution is 6.18. The van der Waals surface area contributed by atoms with E-state index in [-0.39, 0.29) is 0 Å². The topological polar surface area (TPSA) is 43.6 Å². The molecular formula is C68H42N4. The molecule has 4 heteroatoms. The Morgan fingerprint density at radius 1 is 0.292 bits per heavy atom. The lowest BCUT2D eigenvalue weighted by atomic mass is 9.91. The Balaban J connectivity index is 0.900. The molecule has 0 atom stereocenters. The number of para-hydroxylation sites is 1. The fraction of sp³-hybridized carbons (Fsp3) is 0.0147. The molecule has 0 saturated carbocycles. The predicted octanol–water partition coefficient (Wildman–Crippen LogP) is 17.3. The van der Waals surface area contributed by atoms with Gasteiger partial charge in [0.05, 0.1) is 16.7 Å². The zero-order chi connectivity index (χ0) is 47.3. The van der Waals surface area contributed by atoms with Gasteiger partial charge in [-0.1, -0.05) is 200 Å². The highest BCUT2D eigenvalue weighted by Crippen LogP contribution is 2.53. The lowest BCUT2D eigenvalue weighted by Crippen LogP contribution is -2.01. The maximum Gasteiger partial charge on any atom is 0.164 e. The molecule has 0 fully saturated rings. The van der Waals surface area contributed by atoms with Gasteiger partial charge in [0.15, 0.2) is 17.5 Å². The van der Waals surface area contributed by atoms with Crippen LogP contribution in [0, 0.1) is 0 Å². The molecule has 0 bridgehead atoms. The molecule has 2 aromatic heterocycles. The summed E-state index contributed by atoms with van der Waals surface area (Å²) in [5.41, 5.74) is 23.7. The van der Waals surface area contributed by atoms with Crippen LogP contribution >= 0.6 is 0 Å². The second-order valence-electron chi connectivity index (χ2n) is 19.1. The van der Waals surface area contributed by atoms with E-state index in [1.165, 1.54) is 60.9 Å². The van der Waals surface area contributed by atoms with Gasteiger partial charge < -0.3 is 4.57 Å². The molecule has 11 aromatic carbocycles. The van der Waals surface area contributed by atoms with Crippen LogP contribution in [-0.4, -0.2) is 19.5 Å². The van der Waals surface area contributed by atoms with E-state index < -0.39 is 0 Å². The SMILES string of the molecule is c1ccc(-c2cccc(-c3nc(-c4cc(-c5ccccc5)cc(-c5ccccc5)c4)nc(-c4cccc5cc(-c6ccc7c(c6)-n6c8ccccc8c8ccc9c(c86)-c6c(cccc6-7)C9)ccc45)n3)c2)cc1. The first-order valence-corrected chi connectivity index (χ1v) is 24.7. The second-order valence-corrected chi connectivity index (χ2v) is 19.1. The number of hydrogen-bond acceptors (Lipinski definition) is 3. The smallest absolute Gasteiger partial charge is 0.164 e. The van der Waals surface area contributed by atoms with Crippen molar-refractivity contribution in [3.63, 3.8) is 0 Å². The summed E-state index contributed by atoms with van der Waals surface area (Å²) in [7, 11) is 0. The van der Waals surface area contributed by atoms with E-state index in [1.807, 2.05) is 6.07 Å². The van der Waals surface area contributed by atoms with Crippen molar-refractivity contribution in [2.75, 3.05) is 0 Å². The van der Waals surface area contributed by atoms with Crippen LogP contribution in [-0.2, 0) is 6.42 Å². The van der Waals surface area contributed by atoms with E-state index in [1.54, 1.807) is 0 Å². The quantitative estimate of drug-likeness (QED) is 0.160. The lowest BCUT2D eigenvalue weighted by molar-refractivity contribution is 1.08. The molecule has 15 rings (SSSR count). The molecule has 3 heterocycles. The molecule has 1 aliphatic carbocycles. The Bertz CT molecular complexity index is 4290. The monoisotopic (exact) mass is 914 g/mol. The summed E-state index contributed by atoms with van der Waals surface area (Å²) in [6.45, 7) is 0. The summed E-state index contributed by atoms with van der Waals surface area (Å²) in [6, 6.07) is 87.6. The average molecular weight is 915 g/mol. The van der Waals surface area contributed by atoms with E-state index in [0.29, 0.717) is 17.5 Å². The Kier molecular flexibility index (Phi) is 8.99. The van der Waals surface area contributed by atoms with Crippen LogP contribution in [0.15, 0.2) is 243 Å². The number of nitrogens with zero attached hydrogens (tertiary/aromatic N) is 4. The van der Waals surface area contributed by atoms with Gasteiger partial charge in [0.25, 0.3) is 0 Å². The molecule has 0 saturated heterocycles. The minimum absolute atomic E-state index is 0.613. The predicted molar refractivity (Wildman–Crippen MR) is 297 cm³/mol. The average Bonchev–Trinajstić information content (AvgIpc) is 3.97. The summed E-state index contributed by atoms with van der Waals surface area (Å²) >= 11 is 0. The third kappa shape index (κ3) is 6.43. The molecule has 13 aromatic rings. The first-order chi connectivity index (χ1) is 35.7. The van der Waals surface area contributed by atoms with Crippen LogP contribution < -0.4 is 0 Å². The van der Waals surface area contributed by atoms with Gasteiger partial charge in [-0.25, -0.2) is 15.0 Å². The van der Waals surface area contributed by atoms with Gasteiger partial charge in [-0.2, -0.15) is 0 Å². The maximum atomic E-state index is 5.40. The van der Waals surface area contributed by atoms with Crippen LogP contribution in [0.5, 0.6) is 0 Å². The number of rotatable bonds is 7. The van der Waals surface area contributed by atoms with Crippen LogP contribution in [0.25, 0.3) is 139 Å². The molecular weight excluding hydrogens is 873 g/mol. The van der Waals surface area contributed by atoms with Crippen molar-refractivity contribution in [3.8, 4) is 107 Å². The molecule has 1 aliphatic heterocycles. The van der Waals surface area contributed by atoms with Crippen molar-refractivity contribution in [3.05, 3.63) is 254 Å². The molecule has 0 amide bonds. The summed E-state index contributed by atoms with van der Waals surface area (Å²) in [4.78, 5) is 16.1. The Morgan fingerprint density at radius 2 is 0.833 bits per heavy atom. The maximum absolute atomic E-state index is 5.40. The first-order valence-electron chi connectivity index (χ1n) is 24.7. The minimum atomic E-state index is 0.613. The third-order valence-corrected chi connectivity index (χ3v) is 15.0. The van der Waals surface area contributed by atoms with E-state index in [4.69, 9.17) is 15.0 Å². The third-order valence-electron chi connectivity index (χ3n) is 15.0. The van der Waals surface area contributed by atoms with Gasteiger partial charge in [-0.15, -0.1) is 0 Å². The number of aromatic nitrogens is 4. The van der Waals surface area contributed by atoms with Crippen molar-refractivity contribution in [1.29, 1.82) is 0 Å². The summed E-state index contributed by atoms with van der Waals surface area (Å²) in [5.74, 6) is 1.85. The highest BCUT2D eigenvalue weighted by atomic mass is 15.0. The Labute approximate surface area is 416 Å². The van der Waals surface area contributed by atoms with E-state index in [2.05, 4.69) is 241 Å². The van der Waals surface area contributed by atoms with E-state index in [9.17, 15) is 0 Å². The van der Waals surface area contributed by atoms with Crippen LogP contribution in [0.3, 0.4) is 0 Å². The summed E-state index contributed by atoms with van der Waals surface area (Å²) < 4.78 is 2.54. The first kappa shape index (κ1) is 40.4. The van der Waals surface area contributed by atoms with Gasteiger partial charge in [-0.3, -0.25) is 0 Å². The summed E-state index contributed by atoms with van der Waals surface area (Å²) in [5, 5.41) is 4.77. The fourth-order valence-corrected chi connectivity index (χ4v) is 11.6. The standard InChI is InChI=1S/C68H42N4/c1-4-15-42(16-5-1)45-21-12-24-51(36-45)66-69-67(54-39-52(43-17-6-2-7-18-43)38-53(40-54)44-19-8-3-9-20-44)71-68(70-66)60-27-13-22-48-35-46(29-32-55(48)60)47-30-33-57-58-26-14-23-49-37-50-31-34-59-56-25-10-11-28-61(56)72(62(57)41-47)65(59)64(50)63(49)58/h1-36,38-41H,37H2. The van der Waals surface area contributed by atoms with Crippen molar-refractivity contribution in [1.82, 2.24) is 19.5 Å². The molecule has 334 valence electrons. The lowest BCUT2D eigenvalue weighted by Gasteiger charge is -2.16. The van der Waals surface area contributed by atoms with E-state index >= 15 is 0 Å². The van der Waals surface area contributed by atoms with Crippen molar-refractivity contribution in [2.45, 2.75) is 6.42 Å². The Hall–Kier alpha value is -9.51. The second kappa shape index (κ2) is 16.0. The molecule has 4 nitrogen and oxygen atoms in total. The van der Waals surface area contributed by atoms with Gasteiger partial charge in [0.1, 0.15) is 0 Å². The zero-order valence-electron chi connectivity index (χ0n) is 39.1. The van der Waals surface area contributed by atoms with Crippen LogP contribution in [0.1, 0.15) is 11.1 Å². The van der Waals surface area contributed by atoms with Gasteiger partial charge in [0, 0.05) is 38.6 Å². The van der Waals surface area contributed by atoms with Crippen molar-refractivity contribution in [2.24, 2.45) is 0 Å². The molecule has 2 aliphatic rings. The number of benzene rings is 11. The largest absolute Gasteiger partial charge is 0.308 e. The molecule has 0 unspecified atom stereocenters. The van der Waals surface area contributed by atoms with Crippen molar-refractivity contribution < 1.29 is 0 Å². The molecule has 0 radical (unpaired) electrons. The van der Waals surface area contributed by atoms with Crippen molar-refractivity contribution >= 4 is 32.6 Å².